The van der Waals surface area contributed by atoms with E-state index in [0.717, 1.165) is 109 Å². The van der Waals surface area contributed by atoms with Crippen LogP contribution in [0, 0.1) is 5.92 Å². The number of carbonyl (C=O) groups is 4. The topological polar surface area (TPSA) is 237 Å². The van der Waals surface area contributed by atoms with Crippen LogP contribution in [0.15, 0.2) is 24.3 Å². The molecule has 107 heavy (non-hydrogen) atoms. The van der Waals surface area contributed by atoms with Gasteiger partial charge in [-0.25, -0.2) is 9.13 Å². The van der Waals surface area contributed by atoms with E-state index in [0.29, 0.717) is 25.7 Å². The van der Waals surface area contributed by atoms with Gasteiger partial charge in [0.1, 0.15) is 19.3 Å². The predicted molar refractivity (Wildman–Crippen MR) is 441 cm³/mol. The average Bonchev–Trinajstić information content (AvgIpc) is 0.901. The number of esters is 4. The Morgan fingerprint density at radius 3 is 0.766 bits per heavy atom. The summed E-state index contributed by atoms with van der Waals surface area (Å²) < 4.78 is 68.8. The van der Waals surface area contributed by atoms with Crippen LogP contribution in [-0.2, 0) is 65.4 Å². The lowest BCUT2D eigenvalue weighted by molar-refractivity contribution is -0.161. The molecule has 632 valence electrons. The molecule has 0 heterocycles. The van der Waals surface area contributed by atoms with Crippen LogP contribution >= 0.6 is 15.6 Å². The number of hydrogen-bond donors (Lipinski definition) is 3. The number of phosphoric acid groups is 2. The van der Waals surface area contributed by atoms with Crippen LogP contribution in [0.4, 0.5) is 0 Å². The fourth-order valence-corrected chi connectivity index (χ4v) is 14.9. The summed E-state index contributed by atoms with van der Waals surface area (Å²) in [7, 11) is -9.94. The summed E-state index contributed by atoms with van der Waals surface area (Å²) >= 11 is 0. The Balaban J connectivity index is 5.22. The maximum Gasteiger partial charge on any atom is 0.472 e. The van der Waals surface area contributed by atoms with Gasteiger partial charge >= 0.3 is 39.5 Å². The molecule has 19 heteroatoms. The van der Waals surface area contributed by atoms with Gasteiger partial charge in [0.2, 0.25) is 0 Å². The van der Waals surface area contributed by atoms with Crippen LogP contribution < -0.4 is 0 Å². The molecule has 0 saturated carbocycles. The summed E-state index contributed by atoms with van der Waals surface area (Å²) in [5, 5.41) is 10.7. The largest absolute Gasteiger partial charge is 0.472 e. The van der Waals surface area contributed by atoms with E-state index in [1.807, 2.05) is 0 Å². The highest BCUT2D eigenvalue weighted by Crippen LogP contribution is 2.45. The van der Waals surface area contributed by atoms with Gasteiger partial charge in [0.05, 0.1) is 26.4 Å². The Morgan fingerprint density at radius 1 is 0.290 bits per heavy atom. The molecule has 0 radical (unpaired) electrons. The third-order valence-corrected chi connectivity index (χ3v) is 22.1. The number of hydrogen-bond acceptors (Lipinski definition) is 15. The number of carbonyl (C=O) groups excluding carboxylic acids is 4. The standard InChI is InChI=1S/C88H168O17P2/c1-6-9-12-15-18-21-23-25-27-28-29-30-31-32-37-41-45-49-54-59-64-69-74-88(93)105-84(78-99-86(91)72-67-62-57-52-47-43-40-36-34-33-35-39-42-46-51-55-60-65-70-81(4)5)80-103-107(96,97)101-76-82(89)75-100-106(94,95)102-79-83(77-98-85(90)71-66-61-56-50-20-17-14-11-8-3)104-87(92)73-68-63-58-53-48-44-38-26-24-22-19-16-13-10-7-2/h22,24,26,38,81-84,89H,6-21,23,25,27-37,39-80H2,1-5H3,(H,94,95)(H,96,97)/b24-22-,38-26-/t82-,83+,84+/m0/s1. The second kappa shape index (κ2) is 80.2. The Labute approximate surface area is 656 Å². The van der Waals surface area contributed by atoms with Crippen molar-refractivity contribution in [3.8, 4) is 0 Å². The van der Waals surface area contributed by atoms with Crippen molar-refractivity contribution in [3.63, 3.8) is 0 Å². The van der Waals surface area contributed by atoms with Crippen LogP contribution in [0.25, 0.3) is 0 Å². The normalized spacial score (nSPS) is 13.9. The molecule has 0 aliphatic heterocycles. The fourth-order valence-electron chi connectivity index (χ4n) is 13.3. The van der Waals surface area contributed by atoms with Crippen molar-refractivity contribution in [2.24, 2.45) is 5.92 Å². The van der Waals surface area contributed by atoms with Gasteiger partial charge in [0.25, 0.3) is 0 Å². The number of unbranched alkanes of at least 4 members (excludes halogenated alkanes) is 55. The van der Waals surface area contributed by atoms with Gasteiger partial charge < -0.3 is 33.8 Å². The molecule has 0 aliphatic rings. The van der Waals surface area contributed by atoms with Gasteiger partial charge in [-0.05, 0) is 57.3 Å². The van der Waals surface area contributed by atoms with Crippen LogP contribution in [0.2, 0.25) is 0 Å². The van der Waals surface area contributed by atoms with E-state index in [-0.39, 0.29) is 25.7 Å². The Kier molecular flexibility index (Phi) is 78.3. The zero-order chi connectivity index (χ0) is 78.3. The van der Waals surface area contributed by atoms with Crippen molar-refractivity contribution in [1.82, 2.24) is 0 Å². The van der Waals surface area contributed by atoms with Crippen molar-refractivity contribution >= 4 is 39.5 Å². The lowest BCUT2D eigenvalue weighted by Gasteiger charge is -2.21. The van der Waals surface area contributed by atoms with Crippen LogP contribution in [0.1, 0.15) is 452 Å². The number of aliphatic hydroxyl groups is 1. The average molecular weight is 1560 g/mol. The molecule has 0 aromatic carbocycles. The van der Waals surface area contributed by atoms with Crippen LogP contribution in [0.5, 0.6) is 0 Å². The van der Waals surface area contributed by atoms with Crippen molar-refractivity contribution in [2.45, 2.75) is 470 Å². The first-order valence-electron chi connectivity index (χ1n) is 45.0. The van der Waals surface area contributed by atoms with E-state index in [1.165, 1.54) is 263 Å². The van der Waals surface area contributed by atoms with Crippen molar-refractivity contribution in [3.05, 3.63) is 24.3 Å². The molecule has 0 aromatic rings. The minimum atomic E-state index is -4.97. The molecule has 5 atom stereocenters. The Bertz CT molecular complexity index is 2130. The molecule has 0 aliphatic carbocycles. The first-order valence-corrected chi connectivity index (χ1v) is 47.9. The third kappa shape index (κ3) is 81.4. The third-order valence-electron chi connectivity index (χ3n) is 20.2. The molecule has 0 amide bonds. The van der Waals surface area contributed by atoms with Gasteiger partial charge in [0.15, 0.2) is 12.2 Å². The molecule has 2 unspecified atom stereocenters. The van der Waals surface area contributed by atoms with E-state index >= 15 is 0 Å². The lowest BCUT2D eigenvalue weighted by atomic mass is 10.0. The monoisotopic (exact) mass is 1560 g/mol. The molecular formula is C88H168O17P2. The number of phosphoric ester groups is 2. The molecular weight excluding hydrogens is 1390 g/mol. The predicted octanol–water partition coefficient (Wildman–Crippen LogP) is 26.7. The molecule has 0 saturated heterocycles. The second-order valence-electron chi connectivity index (χ2n) is 31.4. The van der Waals surface area contributed by atoms with E-state index < -0.39 is 97.5 Å². The number of ether oxygens (including phenoxy) is 4. The highest BCUT2D eigenvalue weighted by Gasteiger charge is 2.30. The van der Waals surface area contributed by atoms with E-state index in [9.17, 15) is 43.2 Å². The summed E-state index contributed by atoms with van der Waals surface area (Å²) in [4.78, 5) is 73.2. The minimum Gasteiger partial charge on any atom is -0.462 e. The van der Waals surface area contributed by atoms with Crippen LogP contribution in [-0.4, -0.2) is 96.7 Å². The Hall–Kier alpha value is -2.46. The van der Waals surface area contributed by atoms with Crippen molar-refractivity contribution in [2.75, 3.05) is 39.6 Å². The highest BCUT2D eigenvalue weighted by atomic mass is 31.2. The zero-order valence-corrected chi connectivity index (χ0v) is 71.6. The van der Waals surface area contributed by atoms with E-state index in [2.05, 4.69) is 58.9 Å². The maximum absolute atomic E-state index is 13.2. The quantitative estimate of drug-likeness (QED) is 0.0169. The van der Waals surface area contributed by atoms with E-state index in [4.69, 9.17) is 37.0 Å². The molecule has 0 rings (SSSR count). The van der Waals surface area contributed by atoms with Gasteiger partial charge in [-0.2, -0.15) is 0 Å². The maximum atomic E-state index is 13.2. The van der Waals surface area contributed by atoms with E-state index in [1.54, 1.807) is 0 Å². The molecule has 0 bridgehead atoms. The fraction of sp³-hybridized carbons (Fsp3) is 0.909. The van der Waals surface area contributed by atoms with Crippen LogP contribution in [0.3, 0.4) is 0 Å². The summed E-state index contributed by atoms with van der Waals surface area (Å²) in [5.74, 6) is -1.31. The van der Waals surface area contributed by atoms with Crippen molar-refractivity contribution < 1.29 is 80.2 Å². The molecule has 0 spiro atoms. The Morgan fingerprint density at radius 2 is 0.505 bits per heavy atom. The number of rotatable bonds is 86. The van der Waals surface area contributed by atoms with Gasteiger partial charge in [-0.15, -0.1) is 0 Å². The first kappa shape index (κ1) is 105. The SMILES string of the molecule is CCCCCC/C=C\C=C/CCCCCCCC(=O)O[C@H](COC(=O)CCCCCCCCCCC)COP(=O)(O)OC[C@H](O)COP(=O)(O)OC[C@@H](COC(=O)CCCCCCCCCCCCCCCCCCCCC(C)C)OC(=O)CCCCCCCCCCCCCCCCCCCCCCCC. The summed E-state index contributed by atoms with van der Waals surface area (Å²) in [6.45, 7) is 7.32. The van der Waals surface area contributed by atoms with Gasteiger partial charge in [-0.1, -0.05) is 399 Å². The molecule has 0 aromatic heterocycles. The number of aliphatic hydroxyl groups excluding tert-OH is 1. The summed E-state index contributed by atoms with van der Waals surface area (Å²) in [6, 6.07) is 0. The zero-order valence-electron chi connectivity index (χ0n) is 69.8. The lowest BCUT2D eigenvalue weighted by Crippen LogP contribution is -2.30. The number of allylic oxidation sites excluding steroid dienone is 4. The van der Waals surface area contributed by atoms with Crippen molar-refractivity contribution in [1.29, 1.82) is 0 Å². The highest BCUT2D eigenvalue weighted by molar-refractivity contribution is 7.47. The van der Waals surface area contributed by atoms with Gasteiger partial charge in [-0.3, -0.25) is 37.3 Å². The first-order chi connectivity index (χ1) is 52.0. The van der Waals surface area contributed by atoms with Gasteiger partial charge in [0, 0.05) is 25.7 Å². The minimum absolute atomic E-state index is 0.0855. The molecule has 3 N–H and O–H groups in total. The summed E-state index contributed by atoms with van der Waals surface area (Å²) in [6.07, 6.45) is 77.4. The summed E-state index contributed by atoms with van der Waals surface area (Å²) in [5.41, 5.74) is 0. The smallest absolute Gasteiger partial charge is 0.462 e. The second-order valence-corrected chi connectivity index (χ2v) is 34.3. The molecule has 0 fully saturated rings. The molecule has 17 nitrogen and oxygen atoms in total.